The van der Waals surface area contributed by atoms with Crippen molar-refractivity contribution >= 4 is 34.8 Å². The first-order valence-electron chi connectivity index (χ1n) is 3.81. The highest BCUT2D eigenvalue weighted by molar-refractivity contribution is 6.34. The van der Waals surface area contributed by atoms with Crippen molar-refractivity contribution in [2.45, 2.75) is 12.5 Å². The minimum atomic E-state index is -0.545. The van der Waals surface area contributed by atoms with Gasteiger partial charge in [0.15, 0.2) is 0 Å². The van der Waals surface area contributed by atoms with Crippen LogP contribution in [0.15, 0.2) is 18.2 Å². The van der Waals surface area contributed by atoms with Crippen LogP contribution in [0.2, 0.25) is 10.0 Å². The molecular formula is C9H9Cl3O. The molecule has 0 bridgehead atoms. The molecule has 1 unspecified atom stereocenters. The predicted octanol–water partition coefficient (Wildman–Crippen LogP) is 3.14. The summed E-state index contributed by atoms with van der Waals surface area (Å²) < 4.78 is 0. The van der Waals surface area contributed by atoms with E-state index in [9.17, 15) is 5.11 Å². The minimum Gasteiger partial charge on any atom is -0.392 e. The van der Waals surface area contributed by atoms with Crippen molar-refractivity contribution in [1.82, 2.24) is 0 Å². The standard InChI is InChI=1S/C9H9Cl3O/c10-5-9(13)3-6-1-7(11)4-8(12)2-6/h1-2,4,9,13H,3,5H2. The summed E-state index contributed by atoms with van der Waals surface area (Å²) in [5.74, 6) is 0.212. The van der Waals surface area contributed by atoms with Crippen LogP contribution < -0.4 is 0 Å². The second-order valence-electron chi connectivity index (χ2n) is 2.79. The van der Waals surface area contributed by atoms with Gasteiger partial charge in [0.25, 0.3) is 0 Å². The van der Waals surface area contributed by atoms with Crippen molar-refractivity contribution < 1.29 is 5.11 Å². The van der Waals surface area contributed by atoms with Gasteiger partial charge in [-0.3, -0.25) is 0 Å². The normalized spacial score (nSPS) is 12.9. The van der Waals surface area contributed by atoms with Crippen molar-refractivity contribution in [1.29, 1.82) is 0 Å². The topological polar surface area (TPSA) is 20.2 Å². The number of hydrogen-bond donors (Lipinski definition) is 1. The first kappa shape index (κ1) is 11.1. The van der Waals surface area contributed by atoms with Crippen molar-refractivity contribution in [3.8, 4) is 0 Å². The van der Waals surface area contributed by atoms with Gasteiger partial charge in [-0.25, -0.2) is 0 Å². The zero-order chi connectivity index (χ0) is 9.84. The Balaban J connectivity index is 2.77. The Bertz CT molecular complexity index is 268. The Morgan fingerprint density at radius 2 is 1.69 bits per heavy atom. The molecule has 0 aromatic heterocycles. The average molecular weight is 240 g/mol. The second-order valence-corrected chi connectivity index (χ2v) is 3.97. The van der Waals surface area contributed by atoms with Crippen molar-refractivity contribution in [2.24, 2.45) is 0 Å². The summed E-state index contributed by atoms with van der Waals surface area (Å²) in [6.07, 6.45) is -0.0692. The molecule has 13 heavy (non-hydrogen) atoms. The Morgan fingerprint density at radius 1 is 1.15 bits per heavy atom. The summed E-state index contributed by atoms with van der Waals surface area (Å²) >= 11 is 17.0. The third kappa shape index (κ3) is 3.74. The number of benzene rings is 1. The van der Waals surface area contributed by atoms with Gasteiger partial charge >= 0.3 is 0 Å². The zero-order valence-electron chi connectivity index (χ0n) is 6.80. The van der Waals surface area contributed by atoms with E-state index in [0.717, 1.165) is 5.56 Å². The van der Waals surface area contributed by atoms with Crippen LogP contribution in [-0.2, 0) is 6.42 Å². The maximum absolute atomic E-state index is 9.28. The molecule has 1 N–H and O–H groups in total. The molecule has 1 nitrogen and oxygen atoms in total. The summed E-state index contributed by atoms with van der Waals surface area (Å²) in [5.41, 5.74) is 0.894. The summed E-state index contributed by atoms with van der Waals surface area (Å²) in [5, 5.41) is 10.4. The first-order valence-corrected chi connectivity index (χ1v) is 5.10. The van der Waals surface area contributed by atoms with Crippen LogP contribution in [0.3, 0.4) is 0 Å². The zero-order valence-corrected chi connectivity index (χ0v) is 9.07. The number of aliphatic hydroxyl groups is 1. The molecule has 1 aromatic carbocycles. The molecule has 0 radical (unpaired) electrons. The van der Waals surface area contributed by atoms with Crippen LogP contribution in [-0.4, -0.2) is 17.1 Å². The molecular weight excluding hydrogens is 230 g/mol. The molecule has 1 atom stereocenters. The smallest absolute Gasteiger partial charge is 0.0715 e. The highest BCUT2D eigenvalue weighted by atomic mass is 35.5. The van der Waals surface area contributed by atoms with E-state index < -0.39 is 6.10 Å². The summed E-state index contributed by atoms with van der Waals surface area (Å²) in [4.78, 5) is 0. The number of hydrogen-bond acceptors (Lipinski definition) is 1. The predicted molar refractivity (Wildman–Crippen MR) is 56.9 cm³/mol. The Hall–Kier alpha value is 0.0500. The van der Waals surface area contributed by atoms with Crippen molar-refractivity contribution in [3.63, 3.8) is 0 Å². The lowest BCUT2D eigenvalue weighted by Crippen LogP contribution is -2.11. The number of alkyl halides is 1. The third-order valence-corrected chi connectivity index (χ3v) is 2.36. The lowest BCUT2D eigenvalue weighted by atomic mass is 10.1. The molecule has 0 aliphatic rings. The number of rotatable bonds is 3. The number of aliphatic hydroxyl groups excluding tert-OH is 1. The SMILES string of the molecule is OC(CCl)Cc1cc(Cl)cc(Cl)c1. The maximum Gasteiger partial charge on any atom is 0.0715 e. The van der Waals surface area contributed by atoms with Crippen LogP contribution in [0.5, 0.6) is 0 Å². The first-order chi connectivity index (χ1) is 6.11. The largest absolute Gasteiger partial charge is 0.392 e. The Labute approximate surface area is 92.2 Å². The molecule has 4 heteroatoms. The van der Waals surface area contributed by atoms with E-state index in [-0.39, 0.29) is 5.88 Å². The summed E-state index contributed by atoms with van der Waals surface area (Å²) in [6, 6.07) is 5.19. The van der Waals surface area contributed by atoms with Gasteiger partial charge in [0, 0.05) is 15.9 Å². The van der Waals surface area contributed by atoms with Gasteiger partial charge in [0.05, 0.1) is 6.10 Å². The second kappa shape index (κ2) is 5.06. The van der Waals surface area contributed by atoms with Gasteiger partial charge in [-0.1, -0.05) is 23.2 Å². The maximum atomic E-state index is 9.28. The highest BCUT2D eigenvalue weighted by Crippen LogP contribution is 2.20. The van der Waals surface area contributed by atoms with Crippen molar-refractivity contribution in [3.05, 3.63) is 33.8 Å². The monoisotopic (exact) mass is 238 g/mol. The molecule has 0 spiro atoms. The Kier molecular flexibility index (Phi) is 4.33. The van der Waals surface area contributed by atoms with Crippen LogP contribution in [0.1, 0.15) is 5.56 Å². The number of halogens is 3. The van der Waals surface area contributed by atoms with Crippen molar-refractivity contribution in [2.75, 3.05) is 5.88 Å². The molecule has 0 saturated heterocycles. The van der Waals surface area contributed by atoms with Crippen LogP contribution in [0.4, 0.5) is 0 Å². The van der Waals surface area contributed by atoms with Crippen LogP contribution in [0, 0.1) is 0 Å². The highest BCUT2D eigenvalue weighted by Gasteiger charge is 2.05. The van der Waals surface area contributed by atoms with Gasteiger partial charge < -0.3 is 5.11 Å². The van der Waals surface area contributed by atoms with E-state index >= 15 is 0 Å². The molecule has 0 heterocycles. The molecule has 72 valence electrons. The van der Waals surface area contributed by atoms with E-state index in [2.05, 4.69) is 0 Å². The van der Waals surface area contributed by atoms with E-state index in [4.69, 9.17) is 34.8 Å². The Morgan fingerprint density at radius 3 is 2.15 bits per heavy atom. The minimum absolute atomic E-state index is 0.212. The molecule has 0 amide bonds. The molecule has 0 saturated carbocycles. The van der Waals surface area contributed by atoms with E-state index in [1.165, 1.54) is 0 Å². The lowest BCUT2D eigenvalue weighted by Gasteiger charge is -2.07. The third-order valence-electron chi connectivity index (χ3n) is 1.57. The van der Waals surface area contributed by atoms with Gasteiger partial charge in [-0.2, -0.15) is 0 Å². The lowest BCUT2D eigenvalue weighted by molar-refractivity contribution is 0.199. The summed E-state index contributed by atoms with van der Waals surface area (Å²) in [6.45, 7) is 0. The fourth-order valence-corrected chi connectivity index (χ4v) is 1.74. The van der Waals surface area contributed by atoms with E-state index in [0.29, 0.717) is 16.5 Å². The summed E-state index contributed by atoms with van der Waals surface area (Å²) in [7, 11) is 0. The quantitative estimate of drug-likeness (QED) is 0.804. The van der Waals surface area contributed by atoms with Gasteiger partial charge in [0.2, 0.25) is 0 Å². The molecule has 1 rings (SSSR count). The van der Waals surface area contributed by atoms with Gasteiger partial charge in [0.1, 0.15) is 0 Å². The molecule has 0 aliphatic carbocycles. The van der Waals surface area contributed by atoms with Crippen LogP contribution in [0.25, 0.3) is 0 Å². The van der Waals surface area contributed by atoms with Gasteiger partial charge in [-0.05, 0) is 30.2 Å². The average Bonchev–Trinajstić information content (AvgIpc) is 2.02. The van der Waals surface area contributed by atoms with Gasteiger partial charge in [-0.15, -0.1) is 11.6 Å². The van der Waals surface area contributed by atoms with Crippen LogP contribution >= 0.6 is 34.8 Å². The molecule has 0 fully saturated rings. The molecule has 0 aliphatic heterocycles. The fraction of sp³-hybridized carbons (Fsp3) is 0.333. The fourth-order valence-electron chi connectivity index (χ4n) is 1.06. The molecule has 1 aromatic rings. The van der Waals surface area contributed by atoms with E-state index in [1.54, 1.807) is 18.2 Å². The van der Waals surface area contributed by atoms with E-state index in [1.807, 2.05) is 0 Å².